The SMILES string of the molecule is CC1[C@H](O)CCN1c1ccc(C#N)c2sccc12. The molecule has 1 aliphatic rings. The number of hydrogen-bond donors (Lipinski definition) is 1. The standard InChI is InChI=1S/C14H14N2OS/c1-9-13(17)4-6-16(9)12-3-2-10(8-15)14-11(12)5-7-18-14/h2-3,5,7,9,13,17H,4,6H2,1H3/t9?,13-/m1/s1. The molecule has 0 spiro atoms. The highest BCUT2D eigenvalue weighted by Crippen LogP contribution is 2.36. The molecular formula is C14H14N2OS. The second-order valence-corrected chi connectivity index (χ2v) is 5.61. The molecule has 1 fully saturated rings. The largest absolute Gasteiger partial charge is 0.391 e. The van der Waals surface area contributed by atoms with Gasteiger partial charge in [0.1, 0.15) is 6.07 Å². The van der Waals surface area contributed by atoms with Crippen LogP contribution in [0.15, 0.2) is 23.6 Å². The number of hydrogen-bond acceptors (Lipinski definition) is 4. The fraction of sp³-hybridized carbons (Fsp3) is 0.357. The number of aliphatic hydroxyl groups is 1. The van der Waals surface area contributed by atoms with Crippen LogP contribution in [0, 0.1) is 11.3 Å². The average molecular weight is 258 g/mol. The van der Waals surface area contributed by atoms with E-state index in [1.54, 1.807) is 11.3 Å². The van der Waals surface area contributed by atoms with Crippen LogP contribution in [0.25, 0.3) is 10.1 Å². The summed E-state index contributed by atoms with van der Waals surface area (Å²) in [5.41, 5.74) is 1.87. The van der Waals surface area contributed by atoms with Crippen molar-refractivity contribution in [1.82, 2.24) is 0 Å². The Balaban J connectivity index is 2.14. The van der Waals surface area contributed by atoms with Crippen molar-refractivity contribution in [3.63, 3.8) is 0 Å². The molecule has 3 nitrogen and oxygen atoms in total. The van der Waals surface area contributed by atoms with Crippen LogP contribution >= 0.6 is 11.3 Å². The fourth-order valence-corrected chi connectivity index (χ4v) is 3.53. The highest BCUT2D eigenvalue weighted by molar-refractivity contribution is 7.17. The van der Waals surface area contributed by atoms with E-state index in [0.29, 0.717) is 0 Å². The van der Waals surface area contributed by atoms with Crippen LogP contribution in [0.4, 0.5) is 5.69 Å². The zero-order valence-corrected chi connectivity index (χ0v) is 10.9. The third-order valence-corrected chi connectivity index (χ3v) is 4.69. The van der Waals surface area contributed by atoms with Crippen molar-refractivity contribution in [2.75, 3.05) is 11.4 Å². The molecule has 2 atom stereocenters. The summed E-state index contributed by atoms with van der Waals surface area (Å²) in [5, 5.41) is 22.1. The summed E-state index contributed by atoms with van der Waals surface area (Å²) in [5.74, 6) is 0. The van der Waals surface area contributed by atoms with E-state index in [1.165, 1.54) is 0 Å². The molecule has 1 unspecified atom stereocenters. The van der Waals surface area contributed by atoms with Crippen molar-refractivity contribution < 1.29 is 5.11 Å². The van der Waals surface area contributed by atoms with Gasteiger partial charge in [0.2, 0.25) is 0 Å². The zero-order chi connectivity index (χ0) is 12.7. The van der Waals surface area contributed by atoms with E-state index in [1.807, 2.05) is 24.4 Å². The Morgan fingerprint density at radius 1 is 1.44 bits per heavy atom. The summed E-state index contributed by atoms with van der Waals surface area (Å²) < 4.78 is 1.04. The maximum absolute atomic E-state index is 9.86. The number of anilines is 1. The Hall–Kier alpha value is -1.57. The number of aliphatic hydroxyl groups excluding tert-OH is 1. The second kappa shape index (κ2) is 4.27. The van der Waals surface area contributed by atoms with Gasteiger partial charge in [0, 0.05) is 17.6 Å². The van der Waals surface area contributed by atoms with Crippen LogP contribution in [-0.2, 0) is 0 Å². The number of nitriles is 1. The van der Waals surface area contributed by atoms with E-state index >= 15 is 0 Å². The fourth-order valence-electron chi connectivity index (χ4n) is 2.65. The Kier molecular flexibility index (Phi) is 2.73. The molecular weight excluding hydrogens is 244 g/mol. The molecule has 3 rings (SSSR count). The number of rotatable bonds is 1. The predicted octanol–water partition coefficient (Wildman–Crippen LogP) is 2.73. The van der Waals surface area contributed by atoms with Gasteiger partial charge >= 0.3 is 0 Å². The molecule has 1 N–H and O–H groups in total. The first-order valence-electron chi connectivity index (χ1n) is 6.07. The van der Waals surface area contributed by atoms with Crippen molar-refractivity contribution in [2.24, 2.45) is 0 Å². The Morgan fingerprint density at radius 3 is 2.94 bits per heavy atom. The smallest absolute Gasteiger partial charge is 0.101 e. The normalized spacial score (nSPS) is 23.5. The summed E-state index contributed by atoms with van der Waals surface area (Å²) in [6.07, 6.45) is 0.557. The summed E-state index contributed by atoms with van der Waals surface area (Å²) >= 11 is 1.60. The lowest BCUT2D eigenvalue weighted by atomic mass is 10.1. The molecule has 1 aromatic heterocycles. The minimum atomic E-state index is -0.255. The van der Waals surface area contributed by atoms with E-state index in [0.717, 1.165) is 34.3 Å². The Morgan fingerprint density at radius 2 is 2.28 bits per heavy atom. The van der Waals surface area contributed by atoms with Crippen molar-refractivity contribution in [3.05, 3.63) is 29.1 Å². The molecule has 1 saturated heterocycles. The molecule has 4 heteroatoms. The van der Waals surface area contributed by atoms with E-state index < -0.39 is 0 Å². The number of nitrogens with zero attached hydrogens (tertiary/aromatic N) is 2. The van der Waals surface area contributed by atoms with Crippen molar-refractivity contribution in [3.8, 4) is 6.07 Å². The van der Waals surface area contributed by atoms with Gasteiger partial charge in [0.15, 0.2) is 0 Å². The van der Waals surface area contributed by atoms with Gasteiger partial charge in [-0.2, -0.15) is 5.26 Å². The molecule has 92 valence electrons. The minimum absolute atomic E-state index is 0.140. The first-order valence-corrected chi connectivity index (χ1v) is 6.95. The van der Waals surface area contributed by atoms with E-state index in [9.17, 15) is 5.11 Å². The molecule has 0 radical (unpaired) electrons. The molecule has 0 amide bonds. The maximum atomic E-state index is 9.86. The van der Waals surface area contributed by atoms with Crippen LogP contribution in [0.2, 0.25) is 0 Å². The van der Waals surface area contributed by atoms with Crippen LogP contribution < -0.4 is 4.90 Å². The molecule has 1 aromatic carbocycles. The lowest BCUT2D eigenvalue weighted by molar-refractivity contribution is 0.170. The molecule has 0 aliphatic carbocycles. The van der Waals surface area contributed by atoms with Crippen LogP contribution in [0.5, 0.6) is 0 Å². The zero-order valence-electron chi connectivity index (χ0n) is 10.1. The highest BCUT2D eigenvalue weighted by atomic mass is 32.1. The summed E-state index contributed by atoms with van der Waals surface area (Å²) in [6, 6.07) is 8.32. The van der Waals surface area contributed by atoms with E-state index in [-0.39, 0.29) is 12.1 Å². The lowest BCUT2D eigenvalue weighted by Crippen LogP contribution is -2.32. The number of fused-ring (bicyclic) bond motifs is 1. The van der Waals surface area contributed by atoms with Crippen LogP contribution in [-0.4, -0.2) is 23.8 Å². The maximum Gasteiger partial charge on any atom is 0.101 e. The van der Waals surface area contributed by atoms with E-state index in [2.05, 4.69) is 17.0 Å². The van der Waals surface area contributed by atoms with Gasteiger partial charge in [-0.05, 0) is 36.9 Å². The molecule has 2 heterocycles. The Bertz CT molecular complexity index is 628. The van der Waals surface area contributed by atoms with Crippen LogP contribution in [0.3, 0.4) is 0 Å². The second-order valence-electron chi connectivity index (χ2n) is 4.70. The van der Waals surface area contributed by atoms with Crippen molar-refractivity contribution in [2.45, 2.75) is 25.5 Å². The summed E-state index contributed by atoms with van der Waals surface area (Å²) in [6.45, 7) is 2.92. The van der Waals surface area contributed by atoms with Gasteiger partial charge in [-0.1, -0.05) is 0 Å². The molecule has 1 aliphatic heterocycles. The first kappa shape index (κ1) is 11.5. The van der Waals surface area contributed by atoms with Crippen molar-refractivity contribution >= 4 is 27.1 Å². The average Bonchev–Trinajstić information content (AvgIpc) is 2.98. The monoisotopic (exact) mass is 258 g/mol. The summed E-state index contributed by atoms with van der Waals surface area (Å²) in [7, 11) is 0. The van der Waals surface area contributed by atoms with Gasteiger partial charge in [-0.25, -0.2) is 0 Å². The van der Waals surface area contributed by atoms with Crippen LogP contribution in [0.1, 0.15) is 18.9 Å². The molecule has 18 heavy (non-hydrogen) atoms. The highest BCUT2D eigenvalue weighted by Gasteiger charge is 2.30. The van der Waals surface area contributed by atoms with E-state index in [4.69, 9.17) is 5.26 Å². The summed E-state index contributed by atoms with van der Waals surface area (Å²) in [4.78, 5) is 2.24. The molecule has 2 aromatic rings. The molecule has 0 bridgehead atoms. The lowest BCUT2D eigenvalue weighted by Gasteiger charge is -2.25. The number of benzene rings is 1. The Labute approximate surface area is 110 Å². The van der Waals surface area contributed by atoms with Gasteiger partial charge in [0.05, 0.1) is 22.4 Å². The van der Waals surface area contributed by atoms with Crippen molar-refractivity contribution in [1.29, 1.82) is 5.26 Å². The third kappa shape index (κ3) is 1.59. The molecule has 0 saturated carbocycles. The third-order valence-electron chi connectivity index (χ3n) is 3.74. The minimum Gasteiger partial charge on any atom is -0.391 e. The quantitative estimate of drug-likeness (QED) is 0.855. The number of thiophene rings is 1. The van der Waals surface area contributed by atoms with Gasteiger partial charge < -0.3 is 10.0 Å². The first-order chi connectivity index (χ1) is 8.72. The van der Waals surface area contributed by atoms with Gasteiger partial charge in [-0.3, -0.25) is 0 Å². The van der Waals surface area contributed by atoms with Gasteiger partial charge in [0.25, 0.3) is 0 Å². The van der Waals surface area contributed by atoms with Gasteiger partial charge in [-0.15, -0.1) is 11.3 Å². The predicted molar refractivity (Wildman–Crippen MR) is 74.0 cm³/mol. The topological polar surface area (TPSA) is 47.3 Å².